The van der Waals surface area contributed by atoms with Crippen LogP contribution < -0.4 is 10.0 Å². The normalized spacial score (nSPS) is 11.2. The van der Waals surface area contributed by atoms with Gasteiger partial charge in [-0.1, -0.05) is 39.7 Å². The second kappa shape index (κ2) is 8.34. The van der Waals surface area contributed by atoms with Gasteiger partial charge in [-0.2, -0.15) is 0 Å². The predicted molar refractivity (Wildman–Crippen MR) is 115 cm³/mol. The van der Waals surface area contributed by atoms with Gasteiger partial charge >= 0.3 is 0 Å². The maximum absolute atomic E-state index is 14.0. The molecule has 0 radical (unpaired) electrons. The average Bonchev–Trinajstić information content (AvgIpc) is 2.66. The molecule has 5 nitrogen and oxygen atoms in total. The third-order valence-corrected chi connectivity index (χ3v) is 6.21. The van der Waals surface area contributed by atoms with Crippen molar-refractivity contribution >= 4 is 43.2 Å². The standard InChI is InChI=1S/C21H18BrFN2O3S/c1-13-6-9-16(10-7-13)29(27,28)25-19-5-3-4-17(14(19)2)21(26)24-20-11-8-15(22)12-18(20)23/h3-12,25H,1-2H3,(H,24,26). The first-order valence-corrected chi connectivity index (χ1v) is 10.9. The molecular formula is C21H18BrFN2O3S. The van der Waals surface area contributed by atoms with Crippen molar-refractivity contribution in [2.24, 2.45) is 0 Å². The number of benzene rings is 3. The van der Waals surface area contributed by atoms with Crippen molar-refractivity contribution in [1.82, 2.24) is 0 Å². The molecule has 0 atom stereocenters. The number of hydrogen-bond donors (Lipinski definition) is 2. The molecule has 2 N–H and O–H groups in total. The zero-order valence-electron chi connectivity index (χ0n) is 15.7. The lowest BCUT2D eigenvalue weighted by atomic mass is 10.1. The average molecular weight is 477 g/mol. The Hall–Kier alpha value is -2.71. The summed E-state index contributed by atoms with van der Waals surface area (Å²) < 4.78 is 42.4. The van der Waals surface area contributed by atoms with Gasteiger partial charge < -0.3 is 5.32 Å². The molecule has 29 heavy (non-hydrogen) atoms. The summed E-state index contributed by atoms with van der Waals surface area (Å²) in [6, 6.07) is 15.4. The third kappa shape index (κ3) is 4.83. The summed E-state index contributed by atoms with van der Waals surface area (Å²) in [5.74, 6) is -1.12. The second-order valence-electron chi connectivity index (χ2n) is 6.47. The van der Waals surface area contributed by atoms with Gasteiger partial charge in [0.2, 0.25) is 0 Å². The first-order chi connectivity index (χ1) is 13.7. The molecule has 0 unspecified atom stereocenters. The molecule has 3 aromatic carbocycles. The molecule has 0 bridgehead atoms. The molecule has 1 amide bonds. The van der Waals surface area contributed by atoms with Crippen molar-refractivity contribution in [2.75, 3.05) is 10.0 Å². The van der Waals surface area contributed by atoms with E-state index in [1.165, 1.54) is 24.3 Å². The van der Waals surface area contributed by atoms with Gasteiger partial charge in [0.15, 0.2) is 0 Å². The van der Waals surface area contributed by atoms with Gasteiger partial charge in [-0.25, -0.2) is 12.8 Å². The van der Waals surface area contributed by atoms with E-state index < -0.39 is 21.7 Å². The molecule has 8 heteroatoms. The zero-order valence-corrected chi connectivity index (χ0v) is 18.1. The Morgan fingerprint density at radius 3 is 2.31 bits per heavy atom. The van der Waals surface area contributed by atoms with Crippen molar-refractivity contribution < 1.29 is 17.6 Å². The number of anilines is 2. The molecule has 3 rings (SSSR count). The number of carbonyl (C=O) groups excluding carboxylic acids is 1. The molecule has 3 aromatic rings. The molecule has 150 valence electrons. The van der Waals surface area contributed by atoms with Crippen LogP contribution in [0.15, 0.2) is 70.0 Å². The maximum atomic E-state index is 14.0. The lowest BCUT2D eigenvalue weighted by Gasteiger charge is -2.14. The van der Waals surface area contributed by atoms with Crippen molar-refractivity contribution in [2.45, 2.75) is 18.7 Å². The van der Waals surface area contributed by atoms with Crippen LogP contribution in [0.25, 0.3) is 0 Å². The predicted octanol–water partition coefficient (Wildman–Crippen LogP) is 5.26. The molecule has 0 saturated carbocycles. The van der Waals surface area contributed by atoms with E-state index in [9.17, 15) is 17.6 Å². The van der Waals surface area contributed by atoms with E-state index in [0.29, 0.717) is 10.0 Å². The summed E-state index contributed by atoms with van der Waals surface area (Å²) in [6.45, 7) is 3.49. The van der Waals surface area contributed by atoms with E-state index in [-0.39, 0.29) is 21.8 Å². The second-order valence-corrected chi connectivity index (χ2v) is 9.07. The van der Waals surface area contributed by atoms with Crippen LogP contribution in [0.5, 0.6) is 0 Å². The fourth-order valence-corrected chi connectivity index (χ4v) is 4.15. The number of aryl methyl sites for hydroxylation is 1. The highest BCUT2D eigenvalue weighted by molar-refractivity contribution is 9.10. The Balaban J connectivity index is 1.87. The number of halogens is 2. The van der Waals surface area contributed by atoms with E-state index in [1.807, 2.05) is 6.92 Å². The monoisotopic (exact) mass is 476 g/mol. The Morgan fingerprint density at radius 2 is 1.66 bits per heavy atom. The van der Waals surface area contributed by atoms with E-state index in [2.05, 4.69) is 26.0 Å². The molecule has 0 saturated heterocycles. The van der Waals surface area contributed by atoms with Crippen molar-refractivity contribution in [3.8, 4) is 0 Å². The number of carbonyl (C=O) groups is 1. The van der Waals surface area contributed by atoms with Crippen molar-refractivity contribution in [3.63, 3.8) is 0 Å². The van der Waals surface area contributed by atoms with Gasteiger partial charge in [-0.15, -0.1) is 0 Å². The molecule has 0 spiro atoms. The Labute approximate surface area is 177 Å². The lowest BCUT2D eigenvalue weighted by molar-refractivity contribution is 0.102. The summed E-state index contributed by atoms with van der Waals surface area (Å²) in [7, 11) is -3.81. The number of sulfonamides is 1. The lowest BCUT2D eigenvalue weighted by Crippen LogP contribution is -2.17. The summed E-state index contributed by atoms with van der Waals surface area (Å²) in [5, 5.41) is 2.51. The highest BCUT2D eigenvalue weighted by atomic mass is 79.9. The first kappa shape index (κ1) is 21.0. The minimum Gasteiger partial charge on any atom is -0.319 e. The minimum atomic E-state index is -3.81. The van der Waals surface area contributed by atoms with E-state index in [0.717, 1.165) is 5.56 Å². The van der Waals surface area contributed by atoms with Crippen LogP contribution in [0.2, 0.25) is 0 Å². The van der Waals surface area contributed by atoms with Gasteiger partial charge in [-0.3, -0.25) is 9.52 Å². The fourth-order valence-electron chi connectivity index (χ4n) is 2.69. The molecule has 0 aromatic heterocycles. The summed E-state index contributed by atoms with van der Waals surface area (Å²) >= 11 is 3.16. The molecule has 0 aliphatic heterocycles. The van der Waals surface area contributed by atoms with Crippen molar-refractivity contribution in [1.29, 1.82) is 0 Å². The topological polar surface area (TPSA) is 75.3 Å². The molecule has 0 fully saturated rings. The highest BCUT2D eigenvalue weighted by Gasteiger charge is 2.18. The molecule has 0 aliphatic carbocycles. The smallest absolute Gasteiger partial charge is 0.261 e. The number of hydrogen-bond acceptors (Lipinski definition) is 3. The van der Waals surface area contributed by atoms with Crippen LogP contribution in [-0.4, -0.2) is 14.3 Å². The van der Waals surface area contributed by atoms with Crippen LogP contribution in [-0.2, 0) is 10.0 Å². The number of nitrogens with one attached hydrogen (secondary N) is 2. The van der Waals surface area contributed by atoms with E-state index >= 15 is 0 Å². The van der Waals surface area contributed by atoms with Gasteiger partial charge in [0, 0.05) is 10.0 Å². The van der Waals surface area contributed by atoms with Crippen LogP contribution in [0.3, 0.4) is 0 Å². The maximum Gasteiger partial charge on any atom is 0.261 e. The van der Waals surface area contributed by atoms with Crippen LogP contribution in [0.4, 0.5) is 15.8 Å². The summed E-state index contributed by atoms with van der Waals surface area (Å²) in [4.78, 5) is 12.8. The zero-order chi connectivity index (χ0) is 21.2. The van der Waals surface area contributed by atoms with Crippen LogP contribution in [0, 0.1) is 19.7 Å². The molecule has 0 heterocycles. The van der Waals surface area contributed by atoms with E-state index in [1.54, 1.807) is 43.3 Å². The number of amides is 1. The molecule has 0 aliphatic rings. The summed E-state index contributed by atoms with van der Waals surface area (Å²) in [5.41, 5.74) is 1.91. The number of rotatable bonds is 5. The fraction of sp³-hybridized carbons (Fsp3) is 0.0952. The SMILES string of the molecule is Cc1ccc(S(=O)(=O)Nc2cccc(C(=O)Nc3ccc(Br)cc3F)c2C)cc1. The van der Waals surface area contributed by atoms with Crippen LogP contribution >= 0.6 is 15.9 Å². The van der Waals surface area contributed by atoms with Gasteiger partial charge in [0.1, 0.15) is 5.82 Å². The minimum absolute atomic E-state index is 0.0308. The Bertz CT molecular complexity index is 1180. The van der Waals surface area contributed by atoms with Gasteiger partial charge in [0.25, 0.3) is 15.9 Å². The first-order valence-electron chi connectivity index (χ1n) is 8.63. The largest absolute Gasteiger partial charge is 0.319 e. The van der Waals surface area contributed by atoms with Gasteiger partial charge in [0.05, 0.1) is 16.3 Å². The summed E-state index contributed by atoms with van der Waals surface area (Å²) in [6.07, 6.45) is 0. The van der Waals surface area contributed by atoms with E-state index in [4.69, 9.17) is 0 Å². The van der Waals surface area contributed by atoms with Gasteiger partial charge in [-0.05, 0) is 61.9 Å². The highest BCUT2D eigenvalue weighted by Crippen LogP contribution is 2.25. The molecular weight excluding hydrogens is 459 g/mol. The third-order valence-electron chi connectivity index (χ3n) is 4.33. The Morgan fingerprint density at radius 1 is 0.966 bits per heavy atom. The quantitative estimate of drug-likeness (QED) is 0.527. The van der Waals surface area contributed by atoms with Crippen molar-refractivity contribution in [3.05, 3.63) is 87.6 Å². The van der Waals surface area contributed by atoms with Crippen LogP contribution in [0.1, 0.15) is 21.5 Å². The Kier molecular flexibility index (Phi) is 6.04.